The van der Waals surface area contributed by atoms with Gasteiger partial charge in [0.2, 0.25) is 11.8 Å². The van der Waals surface area contributed by atoms with Crippen molar-refractivity contribution < 1.29 is 19.5 Å². The summed E-state index contributed by atoms with van der Waals surface area (Å²) >= 11 is 0. The lowest BCUT2D eigenvalue weighted by atomic mass is 10.0. The van der Waals surface area contributed by atoms with Gasteiger partial charge in [-0.2, -0.15) is 0 Å². The van der Waals surface area contributed by atoms with Crippen molar-refractivity contribution in [3.05, 3.63) is 29.3 Å². The summed E-state index contributed by atoms with van der Waals surface area (Å²) in [7, 11) is 1.67. The quantitative estimate of drug-likeness (QED) is 0.269. The molecule has 2 N–H and O–H groups in total. The second-order valence-corrected chi connectivity index (χ2v) is 7.13. The van der Waals surface area contributed by atoms with Crippen molar-refractivity contribution in [1.29, 1.82) is 0 Å². The van der Waals surface area contributed by atoms with E-state index in [-0.39, 0.29) is 6.04 Å². The third kappa shape index (κ3) is 6.08. The monoisotopic (exact) mass is 360 g/mol. The van der Waals surface area contributed by atoms with Crippen molar-refractivity contribution in [2.75, 3.05) is 20.1 Å². The SMILES string of the molecule is C#CCNC(C)c1ccc(/C=[N+](\O)C(C)(C)C)c(OC(=O)N(C)CC)c1. The van der Waals surface area contributed by atoms with E-state index < -0.39 is 11.6 Å². The summed E-state index contributed by atoms with van der Waals surface area (Å²) in [5.41, 5.74) is 1.05. The van der Waals surface area contributed by atoms with Gasteiger partial charge in [0.05, 0.1) is 12.1 Å². The number of nitrogens with zero attached hydrogens (tertiary/aromatic N) is 2. The first-order chi connectivity index (χ1) is 12.1. The van der Waals surface area contributed by atoms with Crippen LogP contribution in [0.1, 0.15) is 51.8 Å². The zero-order valence-corrected chi connectivity index (χ0v) is 16.5. The Morgan fingerprint density at radius 2 is 2.15 bits per heavy atom. The van der Waals surface area contributed by atoms with Gasteiger partial charge in [-0.15, -0.1) is 6.42 Å². The number of ether oxygens (including phenoxy) is 1. The van der Waals surface area contributed by atoms with E-state index in [4.69, 9.17) is 11.2 Å². The summed E-state index contributed by atoms with van der Waals surface area (Å²) in [6.45, 7) is 10.4. The van der Waals surface area contributed by atoms with Gasteiger partial charge in [0.1, 0.15) is 5.75 Å². The Balaban J connectivity index is 3.28. The summed E-state index contributed by atoms with van der Waals surface area (Å²) in [6.07, 6.45) is 6.39. The maximum atomic E-state index is 12.2. The molecule has 1 rings (SSSR count). The number of benzene rings is 1. The minimum Gasteiger partial charge on any atom is -0.409 e. The Bertz CT molecular complexity index is 699. The fraction of sp³-hybridized carbons (Fsp3) is 0.500. The lowest BCUT2D eigenvalue weighted by Crippen LogP contribution is -2.32. The molecule has 0 bridgehead atoms. The fourth-order valence-electron chi connectivity index (χ4n) is 1.97. The summed E-state index contributed by atoms with van der Waals surface area (Å²) in [5.74, 6) is 2.92. The van der Waals surface area contributed by atoms with Gasteiger partial charge in [-0.05, 0) is 36.3 Å². The third-order valence-electron chi connectivity index (χ3n) is 3.98. The molecule has 6 nitrogen and oxygen atoms in total. The molecule has 6 heteroatoms. The highest BCUT2D eigenvalue weighted by atomic mass is 16.6. The number of hydrogen-bond acceptors (Lipinski definition) is 4. The van der Waals surface area contributed by atoms with Crippen LogP contribution in [0.3, 0.4) is 0 Å². The van der Waals surface area contributed by atoms with E-state index in [9.17, 15) is 10.0 Å². The van der Waals surface area contributed by atoms with E-state index in [2.05, 4.69) is 11.2 Å². The lowest BCUT2D eigenvalue weighted by Gasteiger charge is -2.18. The van der Waals surface area contributed by atoms with Crippen LogP contribution in [0.5, 0.6) is 5.75 Å². The van der Waals surface area contributed by atoms with Crippen LogP contribution in [0.4, 0.5) is 4.79 Å². The Morgan fingerprint density at radius 1 is 1.50 bits per heavy atom. The number of carbonyl (C=O) groups is 1. The number of rotatable bonds is 6. The zero-order chi connectivity index (χ0) is 19.9. The smallest absolute Gasteiger partial charge is 0.409 e. The molecule has 1 unspecified atom stereocenters. The standard InChI is InChI=1S/C20H30N3O3/c1-8-12-21-15(3)16-10-11-17(14-23(25)20(4,5)6)18(13-16)26-19(24)22(7)9-2/h1,10-11,13-15,21,25H,9,12H2,2-7H3/q+1/b23-14-. The van der Waals surface area contributed by atoms with Gasteiger partial charge in [-0.25, -0.2) is 4.79 Å². The number of carbonyl (C=O) groups excluding carboxylic acids is 1. The first-order valence-electron chi connectivity index (χ1n) is 8.67. The lowest BCUT2D eigenvalue weighted by molar-refractivity contribution is -0.816. The number of hydrogen-bond donors (Lipinski definition) is 2. The molecule has 0 saturated carbocycles. The maximum absolute atomic E-state index is 12.2. The average Bonchev–Trinajstić information content (AvgIpc) is 2.59. The van der Waals surface area contributed by atoms with Crippen molar-refractivity contribution >= 4 is 12.3 Å². The van der Waals surface area contributed by atoms with Crippen molar-refractivity contribution in [2.24, 2.45) is 0 Å². The van der Waals surface area contributed by atoms with Gasteiger partial charge in [-0.3, -0.25) is 10.5 Å². The molecule has 1 aromatic rings. The van der Waals surface area contributed by atoms with Gasteiger partial charge in [0.15, 0.2) is 0 Å². The molecule has 0 saturated heterocycles. The molecule has 0 aliphatic rings. The number of hydroxylamine groups is 1. The molecular weight excluding hydrogens is 330 g/mol. The first kappa shape index (κ1) is 21.5. The van der Waals surface area contributed by atoms with Crippen molar-refractivity contribution in [3.8, 4) is 18.1 Å². The Hall–Kier alpha value is -2.52. The van der Waals surface area contributed by atoms with Gasteiger partial charge >= 0.3 is 6.09 Å². The van der Waals surface area contributed by atoms with E-state index >= 15 is 0 Å². The van der Waals surface area contributed by atoms with Gasteiger partial charge in [0.25, 0.3) is 0 Å². The highest BCUT2D eigenvalue weighted by Gasteiger charge is 2.25. The summed E-state index contributed by atoms with van der Waals surface area (Å²) in [6, 6.07) is 5.51. The average molecular weight is 360 g/mol. The number of terminal acetylenes is 1. The second kappa shape index (κ2) is 9.25. The maximum Gasteiger partial charge on any atom is 0.414 e. The molecule has 1 aromatic carbocycles. The fourth-order valence-corrected chi connectivity index (χ4v) is 1.97. The molecule has 26 heavy (non-hydrogen) atoms. The van der Waals surface area contributed by atoms with E-state index in [1.165, 1.54) is 4.90 Å². The minimum atomic E-state index is -0.484. The largest absolute Gasteiger partial charge is 0.414 e. The van der Waals surface area contributed by atoms with E-state index in [1.54, 1.807) is 19.3 Å². The molecule has 0 aliphatic carbocycles. The first-order valence-corrected chi connectivity index (χ1v) is 8.67. The molecule has 0 aromatic heterocycles. The third-order valence-corrected chi connectivity index (χ3v) is 3.98. The zero-order valence-electron chi connectivity index (χ0n) is 16.5. The normalized spacial score (nSPS) is 13.0. The van der Waals surface area contributed by atoms with Crippen molar-refractivity contribution in [3.63, 3.8) is 0 Å². The van der Waals surface area contributed by atoms with E-state index in [0.717, 1.165) is 10.3 Å². The Labute approximate surface area is 156 Å². The number of amides is 1. The molecule has 142 valence electrons. The Morgan fingerprint density at radius 3 is 2.69 bits per heavy atom. The van der Waals surface area contributed by atoms with Crippen LogP contribution >= 0.6 is 0 Å². The van der Waals surface area contributed by atoms with E-state index in [1.807, 2.05) is 46.8 Å². The van der Waals surface area contributed by atoms with Crippen LogP contribution in [0.2, 0.25) is 0 Å². The molecule has 1 atom stereocenters. The highest BCUT2D eigenvalue weighted by molar-refractivity contribution is 5.82. The van der Waals surface area contributed by atoms with Gasteiger partial charge in [0, 0.05) is 40.4 Å². The molecule has 0 spiro atoms. The van der Waals surface area contributed by atoms with Crippen LogP contribution in [0, 0.1) is 12.3 Å². The van der Waals surface area contributed by atoms with Gasteiger partial charge in [-0.1, -0.05) is 12.0 Å². The highest BCUT2D eigenvalue weighted by Crippen LogP contribution is 2.24. The minimum absolute atomic E-state index is 0.00528. The molecule has 0 heterocycles. The van der Waals surface area contributed by atoms with E-state index in [0.29, 0.717) is 24.4 Å². The predicted molar refractivity (Wildman–Crippen MR) is 103 cm³/mol. The molecule has 0 fully saturated rings. The van der Waals surface area contributed by atoms with Crippen molar-refractivity contribution in [1.82, 2.24) is 10.2 Å². The topological polar surface area (TPSA) is 64.8 Å². The molecule has 0 aliphatic heterocycles. The molecular formula is C20H30N3O3+. The predicted octanol–water partition coefficient (Wildman–Crippen LogP) is 3.04. The van der Waals surface area contributed by atoms with Crippen LogP contribution in [0.25, 0.3) is 0 Å². The van der Waals surface area contributed by atoms with Crippen LogP contribution in [0.15, 0.2) is 18.2 Å². The van der Waals surface area contributed by atoms with Crippen LogP contribution in [-0.4, -0.2) is 52.8 Å². The summed E-state index contributed by atoms with van der Waals surface area (Å²) in [5, 5.41) is 13.4. The van der Waals surface area contributed by atoms with Crippen LogP contribution in [-0.2, 0) is 0 Å². The second-order valence-electron chi connectivity index (χ2n) is 7.13. The summed E-state index contributed by atoms with van der Waals surface area (Å²) < 4.78 is 6.66. The van der Waals surface area contributed by atoms with Crippen LogP contribution < -0.4 is 10.1 Å². The van der Waals surface area contributed by atoms with Gasteiger partial charge < -0.3 is 9.64 Å². The molecule has 0 radical (unpaired) electrons. The Kier molecular flexibility index (Phi) is 7.66. The number of nitrogens with one attached hydrogen (secondary N) is 1. The van der Waals surface area contributed by atoms with Crippen molar-refractivity contribution in [2.45, 2.75) is 46.2 Å². The summed E-state index contributed by atoms with van der Waals surface area (Å²) in [4.78, 5) is 13.7. The molecule has 1 amide bonds.